The van der Waals surface area contributed by atoms with E-state index in [0.717, 1.165) is 10.8 Å². The SMILES string of the molecule is O=C(Oc1ccc(O)c(Cl)c1)c1ccc2cc(O)ccc2c1. The minimum Gasteiger partial charge on any atom is -0.508 e. The average molecular weight is 315 g/mol. The Morgan fingerprint density at radius 1 is 0.909 bits per heavy atom. The van der Waals surface area contributed by atoms with E-state index in [0.29, 0.717) is 5.56 Å². The quantitative estimate of drug-likeness (QED) is 0.551. The van der Waals surface area contributed by atoms with Gasteiger partial charge in [0, 0.05) is 6.07 Å². The molecule has 0 amide bonds. The summed E-state index contributed by atoms with van der Waals surface area (Å²) in [5, 5.41) is 20.5. The van der Waals surface area contributed by atoms with Gasteiger partial charge >= 0.3 is 5.97 Å². The minimum absolute atomic E-state index is 0.0769. The standard InChI is InChI=1S/C17H11ClO4/c18-15-9-14(5-6-16(15)20)22-17(21)12-2-1-11-8-13(19)4-3-10(11)7-12/h1-9,19-20H. The molecule has 2 N–H and O–H groups in total. The molecule has 5 heteroatoms. The Morgan fingerprint density at radius 3 is 2.41 bits per heavy atom. The molecule has 0 atom stereocenters. The van der Waals surface area contributed by atoms with E-state index in [4.69, 9.17) is 16.3 Å². The molecule has 22 heavy (non-hydrogen) atoms. The van der Waals surface area contributed by atoms with E-state index in [2.05, 4.69) is 0 Å². The first-order chi connectivity index (χ1) is 10.5. The first-order valence-electron chi connectivity index (χ1n) is 6.46. The molecule has 0 aliphatic carbocycles. The second-order valence-corrected chi connectivity index (χ2v) is 5.16. The van der Waals surface area contributed by atoms with Crippen molar-refractivity contribution in [1.82, 2.24) is 0 Å². The van der Waals surface area contributed by atoms with Crippen LogP contribution in [0.2, 0.25) is 5.02 Å². The smallest absolute Gasteiger partial charge is 0.343 e. The maximum Gasteiger partial charge on any atom is 0.343 e. The Labute approximate surface area is 131 Å². The minimum atomic E-state index is -0.531. The number of rotatable bonds is 2. The van der Waals surface area contributed by atoms with Crippen molar-refractivity contribution in [3.8, 4) is 17.2 Å². The van der Waals surface area contributed by atoms with E-state index in [9.17, 15) is 15.0 Å². The van der Waals surface area contributed by atoms with Crippen molar-refractivity contribution in [1.29, 1.82) is 0 Å². The van der Waals surface area contributed by atoms with Crippen LogP contribution in [0.1, 0.15) is 10.4 Å². The van der Waals surface area contributed by atoms with Crippen molar-refractivity contribution in [2.75, 3.05) is 0 Å². The van der Waals surface area contributed by atoms with Gasteiger partial charge in [0.2, 0.25) is 0 Å². The number of carbonyl (C=O) groups excluding carboxylic acids is 1. The molecule has 4 nitrogen and oxygen atoms in total. The lowest BCUT2D eigenvalue weighted by atomic mass is 10.1. The van der Waals surface area contributed by atoms with E-state index < -0.39 is 5.97 Å². The van der Waals surface area contributed by atoms with Gasteiger partial charge in [-0.3, -0.25) is 0 Å². The number of halogens is 1. The zero-order chi connectivity index (χ0) is 15.7. The summed E-state index contributed by atoms with van der Waals surface area (Å²) in [4.78, 5) is 12.1. The molecule has 110 valence electrons. The zero-order valence-corrected chi connectivity index (χ0v) is 12.0. The molecule has 3 rings (SSSR count). The van der Waals surface area contributed by atoms with E-state index in [1.807, 2.05) is 0 Å². The predicted octanol–water partition coefficient (Wildman–Crippen LogP) is 4.12. The molecule has 3 aromatic carbocycles. The Balaban J connectivity index is 1.88. The number of hydrogen-bond acceptors (Lipinski definition) is 4. The third-order valence-electron chi connectivity index (χ3n) is 3.19. The summed E-state index contributed by atoms with van der Waals surface area (Å²) >= 11 is 5.77. The molecule has 0 aliphatic heterocycles. The van der Waals surface area contributed by atoms with Gasteiger partial charge in [-0.25, -0.2) is 4.79 Å². The molecule has 0 spiro atoms. The van der Waals surface area contributed by atoms with Crippen LogP contribution in [0.15, 0.2) is 54.6 Å². The molecule has 0 bridgehead atoms. The summed E-state index contributed by atoms with van der Waals surface area (Å²) in [6.07, 6.45) is 0. The first-order valence-corrected chi connectivity index (χ1v) is 6.84. The summed E-state index contributed by atoms with van der Waals surface area (Å²) in [5.74, 6) is -0.191. The lowest BCUT2D eigenvalue weighted by Crippen LogP contribution is -2.08. The van der Waals surface area contributed by atoms with Gasteiger partial charge < -0.3 is 14.9 Å². The molecule has 0 saturated heterocycles. The lowest BCUT2D eigenvalue weighted by Gasteiger charge is -2.06. The third-order valence-corrected chi connectivity index (χ3v) is 3.49. The van der Waals surface area contributed by atoms with Crippen LogP contribution in [-0.4, -0.2) is 16.2 Å². The summed E-state index contributed by atoms with van der Waals surface area (Å²) in [5.41, 5.74) is 0.377. The number of fused-ring (bicyclic) bond motifs is 1. The highest BCUT2D eigenvalue weighted by Gasteiger charge is 2.11. The van der Waals surface area contributed by atoms with Crippen LogP contribution in [0.5, 0.6) is 17.2 Å². The van der Waals surface area contributed by atoms with Gasteiger partial charge in [-0.15, -0.1) is 0 Å². The maximum absolute atomic E-state index is 12.1. The number of phenolic OH excluding ortho intramolecular Hbond substituents is 2. The van der Waals surface area contributed by atoms with Crippen LogP contribution >= 0.6 is 11.6 Å². The van der Waals surface area contributed by atoms with Gasteiger partial charge in [0.1, 0.15) is 17.2 Å². The van der Waals surface area contributed by atoms with Gasteiger partial charge in [-0.05, 0) is 47.2 Å². The number of carbonyl (C=O) groups is 1. The van der Waals surface area contributed by atoms with Crippen molar-refractivity contribution >= 4 is 28.3 Å². The Morgan fingerprint density at radius 2 is 1.64 bits per heavy atom. The predicted molar refractivity (Wildman–Crippen MR) is 83.7 cm³/mol. The van der Waals surface area contributed by atoms with Gasteiger partial charge in [-0.1, -0.05) is 23.7 Å². The highest BCUT2D eigenvalue weighted by molar-refractivity contribution is 6.32. The fourth-order valence-corrected chi connectivity index (χ4v) is 2.25. The molecule has 0 fully saturated rings. The molecule has 0 unspecified atom stereocenters. The number of aromatic hydroxyl groups is 2. The molecule has 3 aromatic rings. The van der Waals surface area contributed by atoms with Crippen molar-refractivity contribution in [2.24, 2.45) is 0 Å². The van der Waals surface area contributed by atoms with Gasteiger partial charge in [0.05, 0.1) is 10.6 Å². The molecular formula is C17H11ClO4. The number of phenols is 2. The zero-order valence-electron chi connectivity index (χ0n) is 11.3. The van der Waals surface area contributed by atoms with Crippen LogP contribution in [0, 0.1) is 0 Å². The van der Waals surface area contributed by atoms with E-state index >= 15 is 0 Å². The topological polar surface area (TPSA) is 66.8 Å². The van der Waals surface area contributed by atoms with E-state index in [-0.39, 0.29) is 22.3 Å². The fourth-order valence-electron chi connectivity index (χ4n) is 2.08. The second kappa shape index (κ2) is 5.58. The van der Waals surface area contributed by atoms with Crippen molar-refractivity contribution in [3.05, 3.63) is 65.2 Å². The van der Waals surface area contributed by atoms with Crippen molar-refractivity contribution in [3.63, 3.8) is 0 Å². The van der Waals surface area contributed by atoms with Gasteiger partial charge in [0.25, 0.3) is 0 Å². The fraction of sp³-hybridized carbons (Fsp3) is 0. The number of benzene rings is 3. The summed E-state index contributed by atoms with van der Waals surface area (Å²) in [6.45, 7) is 0. The monoisotopic (exact) mass is 314 g/mol. The normalized spacial score (nSPS) is 10.6. The lowest BCUT2D eigenvalue weighted by molar-refractivity contribution is 0.0735. The van der Waals surface area contributed by atoms with Crippen LogP contribution in [0.4, 0.5) is 0 Å². The van der Waals surface area contributed by atoms with Crippen LogP contribution in [-0.2, 0) is 0 Å². The number of hydrogen-bond donors (Lipinski definition) is 2. The Bertz CT molecular complexity index is 874. The Hall–Kier alpha value is -2.72. The molecule has 0 aliphatic rings. The highest BCUT2D eigenvalue weighted by Crippen LogP contribution is 2.28. The number of ether oxygens (including phenoxy) is 1. The highest BCUT2D eigenvalue weighted by atomic mass is 35.5. The second-order valence-electron chi connectivity index (χ2n) is 4.75. The largest absolute Gasteiger partial charge is 0.508 e. The van der Waals surface area contributed by atoms with Gasteiger partial charge in [-0.2, -0.15) is 0 Å². The van der Waals surface area contributed by atoms with Crippen LogP contribution < -0.4 is 4.74 Å². The maximum atomic E-state index is 12.1. The van der Waals surface area contributed by atoms with E-state index in [1.165, 1.54) is 18.2 Å². The summed E-state index contributed by atoms with van der Waals surface area (Å²) in [6, 6.07) is 14.1. The van der Waals surface area contributed by atoms with Crippen LogP contribution in [0.3, 0.4) is 0 Å². The summed E-state index contributed by atoms with van der Waals surface area (Å²) in [7, 11) is 0. The first kappa shape index (κ1) is 14.2. The Kier molecular flexibility index (Phi) is 3.61. The molecular weight excluding hydrogens is 304 g/mol. The van der Waals surface area contributed by atoms with E-state index in [1.54, 1.807) is 36.4 Å². The number of esters is 1. The van der Waals surface area contributed by atoms with Crippen molar-refractivity contribution in [2.45, 2.75) is 0 Å². The molecule has 0 radical (unpaired) electrons. The summed E-state index contributed by atoms with van der Waals surface area (Å²) < 4.78 is 5.23. The molecule has 0 heterocycles. The molecule has 0 aromatic heterocycles. The molecule has 0 saturated carbocycles. The average Bonchev–Trinajstić information content (AvgIpc) is 2.50. The van der Waals surface area contributed by atoms with Crippen molar-refractivity contribution < 1.29 is 19.7 Å². The van der Waals surface area contributed by atoms with Crippen LogP contribution in [0.25, 0.3) is 10.8 Å². The third kappa shape index (κ3) is 2.82. The van der Waals surface area contributed by atoms with Gasteiger partial charge in [0.15, 0.2) is 0 Å².